The van der Waals surface area contributed by atoms with Gasteiger partial charge in [0.2, 0.25) is 0 Å². The van der Waals surface area contributed by atoms with Crippen LogP contribution in [-0.2, 0) is 0 Å². The molecule has 1 unspecified atom stereocenters. The second-order valence-electron chi connectivity index (χ2n) is 4.52. The average Bonchev–Trinajstić information content (AvgIpc) is 2.84. The normalized spacial score (nSPS) is 12.0. The van der Waals surface area contributed by atoms with E-state index in [9.17, 15) is 9.18 Å². The van der Waals surface area contributed by atoms with Crippen molar-refractivity contribution in [2.75, 3.05) is 7.11 Å². The van der Waals surface area contributed by atoms with Crippen LogP contribution in [-0.4, -0.2) is 13.0 Å². The quantitative estimate of drug-likeness (QED) is 0.933. The van der Waals surface area contributed by atoms with Crippen molar-refractivity contribution < 1.29 is 13.9 Å². The maximum atomic E-state index is 13.7. The van der Waals surface area contributed by atoms with E-state index < -0.39 is 5.82 Å². The van der Waals surface area contributed by atoms with Crippen molar-refractivity contribution in [1.29, 1.82) is 0 Å². The van der Waals surface area contributed by atoms with E-state index in [0.717, 1.165) is 5.56 Å². The Labute approximate surface area is 121 Å². The predicted molar refractivity (Wildman–Crippen MR) is 77.9 cm³/mol. The molecule has 1 aromatic carbocycles. The molecule has 2 aromatic rings. The van der Waals surface area contributed by atoms with E-state index in [2.05, 4.69) is 5.32 Å². The van der Waals surface area contributed by atoms with Crippen LogP contribution in [0.25, 0.3) is 0 Å². The summed E-state index contributed by atoms with van der Waals surface area (Å²) in [6.45, 7) is 3.71. The predicted octanol–water partition coefficient (Wildman–Crippen LogP) is 3.70. The first-order valence-corrected chi connectivity index (χ1v) is 7.09. The summed E-state index contributed by atoms with van der Waals surface area (Å²) in [5.41, 5.74) is 1.64. The average molecular weight is 293 g/mol. The second kappa shape index (κ2) is 6.05. The Morgan fingerprint density at radius 3 is 2.70 bits per heavy atom. The summed E-state index contributed by atoms with van der Waals surface area (Å²) in [6.07, 6.45) is 0. The number of aryl methyl sites for hydroxylation is 1. The maximum Gasteiger partial charge on any atom is 0.262 e. The van der Waals surface area contributed by atoms with E-state index in [1.54, 1.807) is 12.1 Å². The Kier molecular flexibility index (Phi) is 4.39. The highest BCUT2D eigenvalue weighted by atomic mass is 32.1. The fourth-order valence-electron chi connectivity index (χ4n) is 1.90. The molecule has 1 heterocycles. The zero-order valence-corrected chi connectivity index (χ0v) is 12.4. The molecule has 0 spiro atoms. The van der Waals surface area contributed by atoms with Gasteiger partial charge in [-0.1, -0.05) is 6.07 Å². The lowest BCUT2D eigenvalue weighted by atomic mass is 10.1. The van der Waals surface area contributed by atoms with Crippen LogP contribution in [0.2, 0.25) is 0 Å². The van der Waals surface area contributed by atoms with Crippen LogP contribution in [0.5, 0.6) is 5.75 Å². The summed E-state index contributed by atoms with van der Waals surface area (Å²) in [7, 11) is 1.42. The molecule has 2 rings (SSSR count). The van der Waals surface area contributed by atoms with E-state index in [1.807, 2.05) is 25.3 Å². The van der Waals surface area contributed by atoms with Gasteiger partial charge in [-0.05, 0) is 48.6 Å². The molecule has 0 radical (unpaired) electrons. The third kappa shape index (κ3) is 2.99. The van der Waals surface area contributed by atoms with E-state index in [4.69, 9.17) is 4.74 Å². The summed E-state index contributed by atoms with van der Waals surface area (Å²) in [5.74, 6) is -0.374. The SMILES string of the molecule is COc1ccc(C(C)NC(=O)c2sccc2C)cc1F. The number of nitrogens with one attached hydrogen (secondary N) is 1. The number of methoxy groups -OCH3 is 1. The second-order valence-corrected chi connectivity index (χ2v) is 5.44. The number of rotatable bonds is 4. The first-order chi connectivity index (χ1) is 9.52. The number of benzene rings is 1. The Morgan fingerprint density at radius 2 is 2.15 bits per heavy atom. The molecule has 3 nitrogen and oxygen atoms in total. The first-order valence-electron chi connectivity index (χ1n) is 6.21. The summed E-state index contributed by atoms with van der Waals surface area (Å²) >= 11 is 1.40. The van der Waals surface area contributed by atoms with Crippen molar-refractivity contribution in [3.8, 4) is 5.75 Å². The molecule has 1 N–H and O–H groups in total. The molecular weight excluding hydrogens is 277 g/mol. The molecule has 0 aliphatic carbocycles. The number of carbonyl (C=O) groups excluding carboxylic acids is 1. The molecule has 1 aromatic heterocycles. The maximum absolute atomic E-state index is 13.7. The molecule has 0 saturated carbocycles. The Balaban J connectivity index is 2.12. The van der Waals surface area contributed by atoms with E-state index in [-0.39, 0.29) is 17.7 Å². The van der Waals surface area contributed by atoms with Crippen LogP contribution in [0.3, 0.4) is 0 Å². The number of ether oxygens (including phenoxy) is 1. The number of carbonyl (C=O) groups is 1. The van der Waals surface area contributed by atoms with Crippen molar-refractivity contribution >= 4 is 17.2 Å². The van der Waals surface area contributed by atoms with E-state index in [0.29, 0.717) is 10.4 Å². The topological polar surface area (TPSA) is 38.3 Å². The third-order valence-corrected chi connectivity index (χ3v) is 4.11. The number of thiophene rings is 1. The molecule has 0 bridgehead atoms. The van der Waals surface area contributed by atoms with Gasteiger partial charge >= 0.3 is 0 Å². The fourth-order valence-corrected chi connectivity index (χ4v) is 2.73. The Bertz CT molecular complexity index is 624. The van der Waals surface area contributed by atoms with Crippen LogP contribution < -0.4 is 10.1 Å². The summed E-state index contributed by atoms with van der Waals surface area (Å²) < 4.78 is 18.5. The van der Waals surface area contributed by atoms with E-state index >= 15 is 0 Å². The van der Waals surface area contributed by atoms with Crippen LogP contribution in [0, 0.1) is 12.7 Å². The van der Waals surface area contributed by atoms with Crippen molar-refractivity contribution in [2.24, 2.45) is 0 Å². The van der Waals surface area contributed by atoms with Gasteiger partial charge in [0.05, 0.1) is 18.0 Å². The van der Waals surface area contributed by atoms with Crippen LogP contribution in [0.4, 0.5) is 4.39 Å². The standard InChI is InChI=1S/C15H16FNO2S/c1-9-6-7-20-14(9)15(18)17-10(2)11-4-5-13(19-3)12(16)8-11/h4-8,10H,1-3H3,(H,17,18). The molecular formula is C15H16FNO2S. The molecule has 5 heteroatoms. The summed E-state index contributed by atoms with van der Waals surface area (Å²) in [4.78, 5) is 12.8. The van der Waals surface area contributed by atoms with Gasteiger partial charge < -0.3 is 10.1 Å². The minimum Gasteiger partial charge on any atom is -0.494 e. The van der Waals surface area contributed by atoms with Gasteiger partial charge in [-0.2, -0.15) is 0 Å². The zero-order chi connectivity index (χ0) is 14.7. The molecule has 1 amide bonds. The highest BCUT2D eigenvalue weighted by Gasteiger charge is 2.15. The Hall–Kier alpha value is -1.88. The van der Waals surface area contributed by atoms with Gasteiger partial charge in [0, 0.05) is 0 Å². The van der Waals surface area contributed by atoms with Crippen molar-refractivity contribution in [2.45, 2.75) is 19.9 Å². The smallest absolute Gasteiger partial charge is 0.262 e. The van der Waals surface area contributed by atoms with Gasteiger partial charge in [0.25, 0.3) is 5.91 Å². The van der Waals surface area contributed by atoms with Crippen molar-refractivity contribution in [3.63, 3.8) is 0 Å². The molecule has 0 saturated heterocycles. The zero-order valence-electron chi connectivity index (χ0n) is 11.6. The van der Waals surface area contributed by atoms with E-state index in [1.165, 1.54) is 24.5 Å². The highest BCUT2D eigenvalue weighted by molar-refractivity contribution is 7.12. The monoisotopic (exact) mass is 293 g/mol. The fraction of sp³-hybridized carbons (Fsp3) is 0.267. The van der Waals surface area contributed by atoms with Gasteiger partial charge in [-0.15, -0.1) is 11.3 Å². The van der Waals surface area contributed by atoms with Crippen molar-refractivity contribution in [3.05, 3.63) is 51.5 Å². The van der Waals surface area contributed by atoms with Crippen LogP contribution >= 0.6 is 11.3 Å². The lowest BCUT2D eigenvalue weighted by Crippen LogP contribution is -2.26. The number of hydrogen-bond acceptors (Lipinski definition) is 3. The highest BCUT2D eigenvalue weighted by Crippen LogP contribution is 2.23. The number of amides is 1. The number of halogens is 1. The van der Waals surface area contributed by atoms with Gasteiger partial charge in [-0.25, -0.2) is 4.39 Å². The molecule has 106 valence electrons. The summed E-state index contributed by atoms with van der Waals surface area (Å²) in [5, 5.41) is 4.75. The molecule has 0 fully saturated rings. The Morgan fingerprint density at radius 1 is 1.40 bits per heavy atom. The van der Waals surface area contributed by atoms with Gasteiger partial charge in [0.15, 0.2) is 11.6 Å². The lowest BCUT2D eigenvalue weighted by Gasteiger charge is -2.15. The van der Waals surface area contributed by atoms with Crippen LogP contribution in [0.1, 0.15) is 33.8 Å². The third-order valence-electron chi connectivity index (χ3n) is 3.09. The molecule has 0 aliphatic rings. The number of hydrogen-bond donors (Lipinski definition) is 1. The molecule has 0 aliphatic heterocycles. The summed E-state index contributed by atoms with van der Waals surface area (Å²) in [6, 6.07) is 6.31. The van der Waals surface area contributed by atoms with Gasteiger partial charge in [-0.3, -0.25) is 4.79 Å². The van der Waals surface area contributed by atoms with Crippen molar-refractivity contribution in [1.82, 2.24) is 5.32 Å². The minimum absolute atomic E-state index is 0.138. The van der Waals surface area contributed by atoms with Crippen LogP contribution in [0.15, 0.2) is 29.6 Å². The molecule has 1 atom stereocenters. The largest absolute Gasteiger partial charge is 0.494 e. The van der Waals surface area contributed by atoms with Gasteiger partial charge in [0.1, 0.15) is 0 Å². The minimum atomic E-state index is -0.432. The molecule has 20 heavy (non-hydrogen) atoms. The lowest BCUT2D eigenvalue weighted by molar-refractivity contribution is 0.0943. The first kappa shape index (κ1) is 14.5.